The Bertz CT molecular complexity index is 316. The van der Waals surface area contributed by atoms with E-state index in [1.165, 1.54) is 5.56 Å². The molecule has 3 heteroatoms. The summed E-state index contributed by atoms with van der Waals surface area (Å²) in [6.45, 7) is 6.44. The molecule has 0 atom stereocenters. The van der Waals surface area contributed by atoms with Crippen molar-refractivity contribution in [3.63, 3.8) is 0 Å². The predicted octanol–water partition coefficient (Wildman–Crippen LogP) is 3.56. The van der Waals surface area contributed by atoms with Crippen LogP contribution in [0.25, 0.3) is 0 Å². The van der Waals surface area contributed by atoms with Gasteiger partial charge >= 0.3 is 0 Å². The summed E-state index contributed by atoms with van der Waals surface area (Å²) in [7, 11) is 1.61. The van der Waals surface area contributed by atoms with E-state index in [9.17, 15) is 0 Å². The van der Waals surface area contributed by atoms with E-state index in [0.29, 0.717) is 12.0 Å². The maximum absolute atomic E-state index is 8.98. The number of hydrogen-bond acceptors (Lipinski definition) is 3. The van der Waals surface area contributed by atoms with E-state index in [0.717, 1.165) is 10.6 Å². The molecular weight excluding hydrogens is 196 g/mol. The van der Waals surface area contributed by atoms with Crippen LogP contribution in [0, 0.1) is 0 Å². The first kappa shape index (κ1) is 11.4. The fraction of sp³-hybridized carbons (Fsp3) is 0.455. The lowest BCUT2D eigenvalue weighted by Gasteiger charge is -2.20. The molecule has 2 nitrogen and oxygen atoms in total. The molecule has 0 amide bonds. The molecular formula is C11H16O2S. The number of methoxy groups -OCH3 is 1. The highest BCUT2D eigenvalue weighted by atomic mass is 32.2. The van der Waals surface area contributed by atoms with E-state index in [2.05, 4.69) is 20.8 Å². The molecule has 0 aliphatic carbocycles. The van der Waals surface area contributed by atoms with Gasteiger partial charge in [-0.05, 0) is 23.1 Å². The zero-order chi connectivity index (χ0) is 10.8. The van der Waals surface area contributed by atoms with Crippen LogP contribution in [0.4, 0.5) is 0 Å². The van der Waals surface area contributed by atoms with Crippen molar-refractivity contribution in [3.8, 4) is 5.75 Å². The van der Waals surface area contributed by atoms with Gasteiger partial charge in [-0.1, -0.05) is 26.8 Å². The van der Waals surface area contributed by atoms with Crippen molar-refractivity contribution in [2.75, 3.05) is 7.11 Å². The van der Waals surface area contributed by atoms with Crippen LogP contribution in [0.2, 0.25) is 0 Å². The molecule has 0 saturated heterocycles. The second-order valence-corrected chi connectivity index (χ2v) is 4.83. The minimum Gasteiger partial charge on any atom is -0.495 e. The van der Waals surface area contributed by atoms with Gasteiger partial charge in [0.2, 0.25) is 0 Å². The van der Waals surface area contributed by atoms with Crippen molar-refractivity contribution in [2.45, 2.75) is 31.1 Å². The summed E-state index contributed by atoms with van der Waals surface area (Å²) in [5.74, 6) is 0.727. The summed E-state index contributed by atoms with van der Waals surface area (Å²) in [6.07, 6.45) is 0. The highest BCUT2D eigenvalue weighted by molar-refractivity contribution is 7.93. The van der Waals surface area contributed by atoms with E-state index in [4.69, 9.17) is 9.29 Å². The van der Waals surface area contributed by atoms with E-state index in [1.54, 1.807) is 7.11 Å². The van der Waals surface area contributed by atoms with Crippen molar-refractivity contribution >= 4 is 12.0 Å². The van der Waals surface area contributed by atoms with Crippen LogP contribution in [-0.4, -0.2) is 11.7 Å². The maximum atomic E-state index is 8.98. The standard InChI is InChI=1S/C11H16O2S/c1-11(2,3)8-5-6-10(14-12)9(7-8)13-4/h5-7,12H,1-4H3. The zero-order valence-electron chi connectivity index (χ0n) is 9.00. The fourth-order valence-electron chi connectivity index (χ4n) is 1.21. The Morgan fingerprint density at radius 1 is 1.29 bits per heavy atom. The smallest absolute Gasteiger partial charge is 0.135 e. The topological polar surface area (TPSA) is 29.5 Å². The molecule has 1 N–H and O–H groups in total. The monoisotopic (exact) mass is 212 g/mol. The van der Waals surface area contributed by atoms with Crippen molar-refractivity contribution in [2.24, 2.45) is 0 Å². The summed E-state index contributed by atoms with van der Waals surface area (Å²) >= 11 is 0.714. The van der Waals surface area contributed by atoms with Gasteiger partial charge in [-0.3, -0.25) is 0 Å². The highest BCUT2D eigenvalue weighted by Crippen LogP contribution is 2.32. The minimum absolute atomic E-state index is 0.103. The summed E-state index contributed by atoms with van der Waals surface area (Å²) in [5, 5.41) is 0. The van der Waals surface area contributed by atoms with Gasteiger partial charge < -0.3 is 9.29 Å². The van der Waals surface area contributed by atoms with E-state index >= 15 is 0 Å². The van der Waals surface area contributed by atoms with E-state index in [-0.39, 0.29) is 5.41 Å². The van der Waals surface area contributed by atoms with Gasteiger partial charge in [-0.25, -0.2) is 0 Å². The zero-order valence-corrected chi connectivity index (χ0v) is 9.81. The molecule has 0 saturated carbocycles. The Hall–Kier alpha value is -0.670. The first-order chi connectivity index (χ1) is 6.49. The molecule has 0 fully saturated rings. The van der Waals surface area contributed by atoms with Crippen LogP contribution >= 0.6 is 12.0 Å². The third kappa shape index (κ3) is 2.42. The highest BCUT2D eigenvalue weighted by Gasteiger charge is 2.15. The Balaban J connectivity index is 3.14. The second-order valence-electron chi connectivity index (χ2n) is 4.21. The average molecular weight is 212 g/mol. The van der Waals surface area contributed by atoms with E-state index < -0.39 is 0 Å². The summed E-state index contributed by atoms with van der Waals surface area (Å²) in [6, 6.07) is 5.86. The molecule has 0 heterocycles. The quantitative estimate of drug-likeness (QED) is 0.760. The Morgan fingerprint density at radius 3 is 2.36 bits per heavy atom. The first-order valence-electron chi connectivity index (χ1n) is 4.49. The molecule has 0 unspecified atom stereocenters. The average Bonchev–Trinajstić information content (AvgIpc) is 2.15. The predicted molar refractivity (Wildman–Crippen MR) is 60.2 cm³/mol. The molecule has 0 aromatic heterocycles. The van der Waals surface area contributed by atoms with Crippen LogP contribution in [0.1, 0.15) is 26.3 Å². The van der Waals surface area contributed by atoms with Crippen molar-refractivity contribution in [1.29, 1.82) is 0 Å². The number of ether oxygens (including phenoxy) is 1. The van der Waals surface area contributed by atoms with Crippen molar-refractivity contribution < 1.29 is 9.29 Å². The molecule has 1 aromatic carbocycles. The molecule has 1 rings (SSSR count). The lowest BCUT2D eigenvalue weighted by Crippen LogP contribution is -2.11. The molecule has 0 aliphatic rings. The lowest BCUT2D eigenvalue weighted by atomic mass is 9.87. The van der Waals surface area contributed by atoms with Crippen molar-refractivity contribution in [3.05, 3.63) is 23.8 Å². The fourth-order valence-corrected chi connectivity index (χ4v) is 1.57. The SMILES string of the molecule is COc1cc(C(C)(C)C)ccc1SO. The lowest BCUT2D eigenvalue weighted by molar-refractivity contribution is 0.401. The van der Waals surface area contributed by atoms with Gasteiger partial charge in [0.25, 0.3) is 0 Å². The molecule has 1 aromatic rings. The number of hydrogen-bond donors (Lipinski definition) is 1. The summed E-state index contributed by atoms with van der Waals surface area (Å²) in [5.41, 5.74) is 1.30. The first-order valence-corrected chi connectivity index (χ1v) is 5.26. The van der Waals surface area contributed by atoms with Crippen molar-refractivity contribution in [1.82, 2.24) is 0 Å². The van der Waals surface area contributed by atoms with Gasteiger partial charge in [0, 0.05) is 12.0 Å². The largest absolute Gasteiger partial charge is 0.495 e. The summed E-state index contributed by atoms with van der Waals surface area (Å²) < 4.78 is 14.2. The van der Waals surface area contributed by atoms with E-state index in [1.807, 2.05) is 18.2 Å². The number of benzene rings is 1. The molecule has 0 bridgehead atoms. The molecule has 0 radical (unpaired) electrons. The molecule has 14 heavy (non-hydrogen) atoms. The van der Waals surface area contributed by atoms with Crippen LogP contribution in [0.3, 0.4) is 0 Å². The minimum atomic E-state index is 0.103. The number of rotatable bonds is 2. The van der Waals surface area contributed by atoms with Gasteiger partial charge in [0.05, 0.1) is 12.0 Å². The molecule has 78 valence electrons. The van der Waals surface area contributed by atoms with Gasteiger partial charge in [0.1, 0.15) is 5.75 Å². The van der Waals surface area contributed by atoms with Gasteiger partial charge in [0.15, 0.2) is 0 Å². The Morgan fingerprint density at radius 2 is 1.93 bits per heavy atom. The normalized spacial score (nSPS) is 11.5. The third-order valence-electron chi connectivity index (χ3n) is 2.13. The van der Waals surface area contributed by atoms with Crippen LogP contribution < -0.4 is 4.74 Å². The molecule has 0 aliphatic heterocycles. The van der Waals surface area contributed by atoms with Crippen LogP contribution in [0.5, 0.6) is 5.75 Å². The maximum Gasteiger partial charge on any atom is 0.135 e. The van der Waals surface area contributed by atoms with Crippen LogP contribution in [0.15, 0.2) is 23.1 Å². The Labute approximate surface area is 89.5 Å². The third-order valence-corrected chi connectivity index (χ3v) is 2.66. The van der Waals surface area contributed by atoms with Gasteiger partial charge in [-0.2, -0.15) is 0 Å². The van der Waals surface area contributed by atoms with Crippen LogP contribution in [-0.2, 0) is 5.41 Å². The summed E-state index contributed by atoms with van der Waals surface area (Å²) in [4.78, 5) is 0.750. The second kappa shape index (κ2) is 4.24. The molecule has 0 spiro atoms. The van der Waals surface area contributed by atoms with Gasteiger partial charge in [-0.15, -0.1) is 0 Å². The Kier molecular flexibility index (Phi) is 3.45.